The number of imide groups is 1. The largest absolute Gasteiger partial charge is 0.373 e. The molecule has 0 saturated carbocycles. The summed E-state index contributed by atoms with van der Waals surface area (Å²) < 4.78 is 0. The molecular weight excluding hydrogens is 361 g/mol. The summed E-state index contributed by atoms with van der Waals surface area (Å²) in [7, 11) is 0. The number of rotatable bonds is 3. The van der Waals surface area contributed by atoms with Crippen LogP contribution in [0, 0.1) is 0 Å². The van der Waals surface area contributed by atoms with Crippen LogP contribution in [0.15, 0.2) is 48.7 Å². The summed E-state index contributed by atoms with van der Waals surface area (Å²) in [5.74, 6) is -0.704. The van der Waals surface area contributed by atoms with Gasteiger partial charge in [0.15, 0.2) is 0 Å². The molecule has 3 aromatic rings. The molecule has 1 fully saturated rings. The summed E-state index contributed by atoms with van der Waals surface area (Å²) in [6, 6.07) is 11.9. The number of carbonyl (C=O) groups excluding carboxylic acids is 2. The van der Waals surface area contributed by atoms with Crippen LogP contribution in [0.1, 0.15) is 6.42 Å². The first-order valence-corrected chi connectivity index (χ1v) is 8.44. The number of carbonyl (C=O) groups is 2. The Morgan fingerprint density at radius 1 is 1.08 bits per heavy atom. The molecule has 1 aromatic heterocycles. The minimum Gasteiger partial charge on any atom is -0.373 e. The SMILES string of the molecule is O=C1C[C@H](Nc2ccc3cc[nH]c3c2)C(=O)N1c1c(Cl)cccc1Cl. The first-order valence-electron chi connectivity index (χ1n) is 7.69. The first kappa shape index (κ1) is 16.0. The summed E-state index contributed by atoms with van der Waals surface area (Å²) in [6.07, 6.45) is 1.89. The second-order valence-corrected chi connectivity index (χ2v) is 6.63. The molecule has 0 unspecified atom stereocenters. The van der Waals surface area contributed by atoms with Gasteiger partial charge < -0.3 is 10.3 Å². The quantitative estimate of drug-likeness (QED) is 0.675. The highest BCUT2D eigenvalue weighted by molar-refractivity contribution is 6.42. The van der Waals surface area contributed by atoms with E-state index in [1.54, 1.807) is 18.2 Å². The molecule has 2 N–H and O–H groups in total. The number of aromatic amines is 1. The number of amides is 2. The molecule has 126 valence electrons. The van der Waals surface area contributed by atoms with Crippen molar-refractivity contribution in [3.63, 3.8) is 0 Å². The van der Waals surface area contributed by atoms with Crippen molar-refractivity contribution in [1.82, 2.24) is 4.98 Å². The van der Waals surface area contributed by atoms with Gasteiger partial charge in [-0.2, -0.15) is 0 Å². The van der Waals surface area contributed by atoms with Crippen molar-refractivity contribution < 1.29 is 9.59 Å². The van der Waals surface area contributed by atoms with Gasteiger partial charge in [0.1, 0.15) is 6.04 Å². The van der Waals surface area contributed by atoms with Gasteiger partial charge in [-0.15, -0.1) is 0 Å². The highest BCUT2D eigenvalue weighted by Crippen LogP contribution is 2.37. The van der Waals surface area contributed by atoms with E-state index in [1.165, 1.54) is 0 Å². The normalized spacial score (nSPS) is 17.5. The minimum absolute atomic E-state index is 0.0448. The predicted octanol–water partition coefficient (Wildman–Crippen LogP) is 4.22. The number of H-pyrrole nitrogens is 1. The Labute approximate surface area is 153 Å². The van der Waals surface area contributed by atoms with Gasteiger partial charge >= 0.3 is 0 Å². The van der Waals surface area contributed by atoms with E-state index in [9.17, 15) is 9.59 Å². The van der Waals surface area contributed by atoms with E-state index in [2.05, 4.69) is 10.3 Å². The van der Waals surface area contributed by atoms with Crippen molar-refractivity contribution in [3.8, 4) is 0 Å². The van der Waals surface area contributed by atoms with Crippen molar-refractivity contribution in [3.05, 3.63) is 58.7 Å². The van der Waals surface area contributed by atoms with Crippen LogP contribution < -0.4 is 10.2 Å². The Morgan fingerprint density at radius 2 is 1.84 bits per heavy atom. The third-order valence-electron chi connectivity index (χ3n) is 4.20. The summed E-state index contributed by atoms with van der Waals surface area (Å²) in [5, 5.41) is 4.73. The lowest BCUT2D eigenvalue weighted by atomic mass is 10.2. The molecule has 4 rings (SSSR count). The summed E-state index contributed by atoms with van der Waals surface area (Å²) in [6.45, 7) is 0. The van der Waals surface area contributed by atoms with Gasteiger partial charge in [-0.05, 0) is 35.7 Å². The Kier molecular flexibility index (Phi) is 3.90. The fourth-order valence-corrected chi connectivity index (χ4v) is 3.59. The Hall–Kier alpha value is -2.50. The number of nitrogens with one attached hydrogen (secondary N) is 2. The highest BCUT2D eigenvalue weighted by atomic mass is 35.5. The van der Waals surface area contributed by atoms with Crippen LogP contribution in [0.5, 0.6) is 0 Å². The van der Waals surface area contributed by atoms with Crippen LogP contribution in [0.3, 0.4) is 0 Å². The average Bonchev–Trinajstić information content (AvgIpc) is 3.14. The molecule has 2 aromatic carbocycles. The van der Waals surface area contributed by atoms with Crippen molar-refractivity contribution in [1.29, 1.82) is 0 Å². The zero-order valence-corrected chi connectivity index (χ0v) is 14.4. The molecule has 0 bridgehead atoms. The number of nitrogens with zero attached hydrogens (tertiary/aromatic N) is 1. The predicted molar refractivity (Wildman–Crippen MR) is 99.3 cm³/mol. The summed E-state index contributed by atoms with van der Waals surface area (Å²) in [5.41, 5.74) is 1.95. The second-order valence-electron chi connectivity index (χ2n) is 5.82. The molecule has 0 radical (unpaired) electrons. The topological polar surface area (TPSA) is 65.2 Å². The standard InChI is InChI=1S/C18H13Cl2N3O2/c19-12-2-1-3-13(20)17(12)23-16(24)9-15(18(23)25)22-11-5-4-10-6-7-21-14(10)8-11/h1-8,15,21-22H,9H2/t15-/m0/s1. The number of halogens is 2. The van der Waals surface area contributed by atoms with Crippen molar-refractivity contribution in [2.45, 2.75) is 12.5 Å². The Morgan fingerprint density at radius 3 is 2.60 bits per heavy atom. The molecule has 5 nitrogen and oxygen atoms in total. The minimum atomic E-state index is -0.660. The third kappa shape index (κ3) is 2.75. The van der Waals surface area contributed by atoms with Gasteiger partial charge in [-0.25, -0.2) is 4.90 Å². The zero-order chi connectivity index (χ0) is 17.6. The van der Waals surface area contributed by atoms with Gasteiger partial charge in [0.2, 0.25) is 5.91 Å². The van der Waals surface area contributed by atoms with Gasteiger partial charge in [0.25, 0.3) is 5.91 Å². The highest BCUT2D eigenvalue weighted by Gasteiger charge is 2.41. The number of para-hydroxylation sites is 1. The van der Waals surface area contributed by atoms with E-state index in [4.69, 9.17) is 23.2 Å². The number of benzene rings is 2. The second kappa shape index (κ2) is 6.10. The number of fused-ring (bicyclic) bond motifs is 1. The van der Waals surface area contributed by atoms with Gasteiger partial charge in [-0.1, -0.05) is 35.3 Å². The van der Waals surface area contributed by atoms with E-state index in [0.717, 1.165) is 21.5 Å². The molecule has 7 heteroatoms. The van der Waals surface area contributed by atoms with Crippen LogP contribution in [0.4, 0.5) is 11.4 Å². The Bertz CT molecular complexity index is 979. The van der Waals surface area contributed by atoms with Crippen LogP contribution >= 0.6 is 23.2 Å². The van der Waals surface area contributed by atoms with Gasteiger partial charge in [0.05, 0.1) is 22.2 Å². The van der Waals surface area contributed by atoms with Gasteiger partial charge in [0, 0.05) is 17.4 Å². The van der Waals surface area contributed by atoms with E-state index in [1.807, 2.05) is 30.5 Å². The maximum absolute atomic E-state index is 12.8. The third-order valence-corrected chi connectivity index (χ3v) is 4.81. The summed E-state index contributed by atoms with van der Waals surface area (Å²) in [4.78, 5) is 29.3. The lowest BCUT2D eigenvalue weighted by Crippen LogP contribution is -2.35. The van der Waals surface area contributed by atoms with Crippen LogP contribution in [-0.4, -0.2) is 22.8 Å². The lowest BCUT2D eigenvalue weighted by Gasteiger charge is -2.18. The number of aromatic nitrogens is 1. The van der Waals surface area contributed by atoms with E-state index >= 15 is 0 Å². The van der Waals surface area contributed by atoms with Gasteiger partial charge in [-0.3, -0.25) is 9.59 Å². The monoisotopic (exact) mass is 373 g/mol. The lowest BCUT2D eigenvalue weighted by molar-refractivity contribution is -0.121. The molecule has 1 aliphatic heterocycles. The maximum Gasteiger partial charge on any atom is 0.256 e. The molecular formula is C18H13Cl2N3O2. The van der Waals surface area contributed by atoms with Crippen LogP contribution in [-0.2, 0) is 9.59 Å². The average molecular weight is 374 g/mol. The number of hydrogen-bond acceptors (Lipinski definition) is 3. The smallest absolute Gasteiger partial charge is 0.256 e. The molecule has 25 heavy (non-hydrogen) atoms. The molecule has 1 saturated heterocycles. The van der Waals surface area contributed by atoms with Crippen LogP contribution in [0.25, 0.3) is 10.9 Å². The van der Waals surface area contributed by atoms with Crippen LogP contribution in [0.2, 0.25) is 10.0 Å². The van der Waals surface area contributed by atoms with Crippen molar-refractivity contribution >= 4 is 57.3 Å². The van der Waals surface area contributed by atoms with Crippen molar-refractivity contribution in [2.24, 2.45) is 0 Å². The molecule has 1 atom stereocenters. The zero-order valence-electron chi connectivity index (χ0n) is 12.9. The first-order chi connectivity index (χ1) is 12.0. The molecule has 0 aliphatic carbocycles. The number of hydrogen-bond donors (Lipinski definition) is 2. The molecule has 2 amide bonds. The fraction of sp³-hybridized carbons (Fsp3) is 0.111. The fourth-order valence-electron chi connectivity index (χ4n) is 3.02. The van der Waals surface area contributed by atoms with Crippen molar-refractivity contribution in [2.75, 3.05) is 10.2 Å². The van der Waals surface area contributed by atoms with E-state index < -0.39 is 6.04 Å². The van der Waals surface area contributed by atoms with E-state index in [0.29, 0.717) is 0 Å². The maximum atomic E-state index is 12.8. The molecule has 0 spiro atoms. The molecule has 2 heterocycles. The summed E-state index contributed by atoms with van der Waals surface area (Å²) >= 11 is 12.3. The van der Waals surface area contributed by atoms with E-state index in [-0.39, 0.29) is 34.0 Å². The Balaban J connectivity index is 1.62. The number of anilines is 2. The molecule has 1 aliphatic rings.